The minimum Gasteiger partial charge on any atom is -0.398 e. The van der Waals surface area contributed by atoms with E-state index in [0.29, 0.717) is 0 Å². The predicted octanol–water partition coefficient (Wildman–Crippen LogP) is 3.44. The number of anilines is 2. The first kappa shape index (κ1) is 12.3. The van der Waals surface area contributed by atoms with Gasteiger partial charge in [0.1, 0.15) is 0 Å². The molecule has 1 aromatic carbocycles. The molecule has 0 spiro atoms. The summed E-state index contributed by atoms with van der Waals surface area (Å²) in [5.41, 5.74) is 8.18. The number of nitrogens with zero attached hydrogens (tertiary/aromatic N) is 2. The Labute approximate surface area is 114 Å². The van der Waals surface area contributed by atoms with Crippen molar-refractivity contribution in [3.8, 4) is 0 Å². The van der Waals surface area contributed by atoms with Gasteiger partial charge in [-0.05, 0) is 37.0 Å². The molecule has 2 aromatic rings. The van der Waals surface area contributed by atoms with Gasteiger partial charge in [-0.3, -0.25) is 4.98 Å². The van der Waals surface area contributed by atoms with Gasteiger partial charge in [0.2, 0.25) is 0 Å². The Kier molecular flexibility index (Phi) is 3.28. The molecule has 0 saturated carbocycles. The summed E-state index contributed by atoms with van der Waals surface area (Å²) in [6.07, 6.45) is 7.67. The van der Waals surface area contributed by atoms with Gasteiger partial charge in [0, 0.05) is 47.6 Å². The number of nitrogen functional groups attached to an aromatic ring is 1. The first-order valence-corrected chi connectivity index (χ1v) is 7.16. The second-order valence-electron chi connectivity index (χ2n) is 5.48. The van der Waals surface area contributed by atoms with Crippen LogP contribution in [0.15, 0.2) is 30.6 Å². The third kappa shape index (κ3) is 2.25. The van der Waals surface area contributed by atoms with E-state index in [9.17, 15) is 0 Å². The van der Waals surface area contributed by atoms with Crippen molar-refractivity contribution in [1.29, 1.82) is 0 Å². The molecule has 1 unspecified atom stereocenters. The lowest BCUT2D eigenvalue weighted by Crippen LogP contribution is -2.20. The minimum absolute atomic E-state index is 0.838. The molecular weight excluding hydrogens is 234 g/mol. The molecule has 0 bridgehead atoms. The Morgan fingerprint density at radius 2 is 2.21 bits per heavy atom. The van der Waals surface area contributed by atoms with Crippen molar-refractivity contribution in [1.82, 2.24) is 4.98 Å². The number of pyridine rings is 1. The maximum Gasteiger partial charge on any atom is 0.0463 e. The zero-order valence-electron chi connectivity index (χ0n) is 11.5. The van der Waals surface area contributed by atoms with Gasteiger partial charge >= 0.3 is 0 Å². The molecule has 100 valence electrons. The van der Waals surface area contributed by atoms with Crippen LogP contribution in [0.5, 0.6) is 0 Å². The first-order chi connectivity index (χ1) is 9.29. The maximum atomic E-state index is 6.05. The predicted molar refractivity (Wildman–Crippen MR) is 81.4 cm³/mol. The van der Waals surface area contributed by atoms with Crippen LogP contribution in [0, 0.1) is 5.92 Å². The quantitative estimate of drug-likeness (QED) is 0.854. The van der Waals surface area contributed by atoms with Crippen LogP contribution in [0.25, 0.3) is 10.8 Å². The van der Waals surface area contributed by atoms with Gasteiger partial charge < -0.3 is 10.6 Å². The summed E-state index contributed by atoms with van der Waals surface area (Å²) in [5.74, 6) is 0.842. The van der Waals surface area contributed by atoms with Crippen LogP contribution in [-0.4, -0.2) is 18.1 Å². The largest absolute Gasteiger partial charge is 0.398 e. The molecule has 3 rings (SSSR count). The fraction of sp³-hybridized carbons (Fsp3) is 0.438. The van der Waals surface area contributed by atoms with E-state index >= 15 is 0 Å². The minimum atomic E-state index is 0.838. The van der Waals surface area contributed by atoms with E-state index in [1.54, 1.807) is 0 Å². The number of benzene rings is 1. The van der Waals surface area contributed by atoms with Crippen molar-refractivity contribution < 1.29 is 0 Å². The van der Waals surface area contributed by atoms with E-state index in [4.69, 9.17) is 5.73 Å². The molecule has 2 heterocycles. The van der Waals surface area contributed by atoms with Gasteiger partial charge in [0.05, 0.1) is 0 Å². The van der Waals surface area contributed by atoms with Crippen molar-refractivity contribution in [3.05, 3.63) is 30.6 Å². The van der Waals surface area contributed by atoms with E-state index in [1.165, 1.54) is 36.9 Å². The van der Waals surface area contributed by atoms with E-state index in [2.05, 4.69) is 22.9 Å². The lowest BCUT2D eigenvalue weighted by atomic mass is 10.0. The maximum absolute atomic E-state index is 6.05. The number of aromatic nitrogens is 1. The average Bonchev–Trinajstić information content (AvgIpc) is 2.88. The summed E-state index contributed by atoms with van der Waals surface area (Å²) in [4.78, 5) is 6.75. The fourth-order valence-corrected chi connectivity index (χ4v) is 3.17. The Hall–Kier alpha value is -1.77. The van der Waals surface area contributed by atoms with Gasteiger partial charge in [-0.1, -0.05) is 13.3 Å². The number of hydrogen-bond acceptors (Lipinski definition) is 3. The summed E-state index contributed by atoms with van der Waals surface area (Å²) < 4.78 is 0. The lowest BCUT2D eigenvalue weighted by molar-refractivity contribution is 0.530. The second-order valence-corrected chi connectivity index (χ2v) is 5.48. The smallest absolute Gasteiger partial charge is 0.0463 e. The van der Waals surface area contributed by atoms with Crippen LogP contribution in [0.1, 0.15) is 26.2 Å². The van der Waals surface area contributed by atoms with Gasteiger partial charge in [-0.2, -0.15) is 0 Å². The Balaban J connectivity index is 1.96. The summed E-state index contributed by atoms with van der Waals surface area (Å²) >= 11 is 0. The monoisotopic (exact) mass is 255 g/mol. The molecule has 1 aromatic heterocycles. The zero-order chi connectivity index (χ0) is 13.2. The molecule has 1 aliphatic rings. The van der Waals surface area contributed by atoms with Gasteiger partial charge in [0.15, 0.2) is 0 Å². The van der Waals surface area contributed by atoms with E-state index in [0.717, 1.165) is 23.5 Å². The highest BCUT2D eigenvalue weighted by Crippen LogP contribution is 2.34. The van der Waals surface area contributed by atoms with Crippen molar-refractivity contribution >= 4 is 22.1 Å². The standard InChI is InChI=1S/C16H21N3/c1-2-3-12-7-9-19(11-12)16-5-4-15(17)13-6-8-18-10-14(13)16/h4-6,8,10,12H,2-3,7,9,11,17H2,1H3. The Morgan fingerprint density at radius 1 is 1.32 bits per heavy atom. The van der Waals surface area contributed by atoms with Crippen LogP contribution in [-0.2, 0) is 0 Å². The van der Waals surface area contributed by atoms with Crippen molar-refractivity contribution in [2.24, 2.45) is 5.92 Å². The molecule has 1 atom stereocenters. The van der Waals surface area contributed by atoms with E-state index in [-0.39, 0.29) is 0 Å². The summed E-state index contributed by atoms with van der Waals surface area (Å²) in [5, 5.41) is 2.30. The molecule has 3 nitrogen and oxygen atoms in total. The number of rotatable bonds is 3. The Bertz CT molecular complexity index is 579. The van der Waals surface area contributed by atoms with Crippen molar-refractivity contribution in [2.45, 2.75) is 26.2 Å². The number of fused-ring (bicyclic) bond motifs is 1. The normalized spacial score (nSPS) is 19.2. The number of hydrogen-bond donors (Lipinski definition) is 1. The van der Waals surface area contributed by atoms with E-state index in [1.807, 2.05) is 24.5 Å². The van der Waals surface area contributed by atoms with Crippen LogP contribution < -0.4 is 10.6 Å². The van der Waals surface area contributed by atoms with Crippen LogP contribution in [0.3, 0.4) is 0 Å². The van der Waals surface area contributed by atoms with E-state index < -0.39 is 0 Å². The molecule has 19 heavy (non-hydrogen) atoms. The highest BCUT2D eigenvalue weighted by Gasteiger charge is 2.23. The molecule has 1 fully saturated rings. The Morgan fingerprint density at radius 3 is 3.05 bits per heavy atom. The first-order valence-electron chi connectivity index (χ1n) is 7.16. The third-order valence-electron chi connectivity index (χ3n) is 4.15. The molecule has 3 heteroatoms. The second kappa shape index (κ2) is 5.08. The average molecular weight is 255 g/mol. The lowest BCUT2D eigenvalue weighted by Gasteiger charge is -2.21. The zero-order valence-corrected chi connectivity index (χ0v) is 11.5. The molecule has 0 radical (unpaired) electrons. The molecule has 0 amide bonds. The molecule has 1 saturated heterocycles. The number of nitrogens with two attached hydrogens (primary N) is 1. The SMILES string of the molecule is CCCC1CCN(c2ccc(N)c3ccncc23)C1. The molecular formula is C16H21N3. The van der Waals surface area contributed by atoms with Crippen LogP contribution in [0.4, 0.5) is 11.4 Å². The molecule has 2 N–H and O–H groups in total. The summed E-state index contributed by atoms with van der Waals surface area (Å²) in [6, 6.07) is 6.17. The fourth-order valence-electron chi connectivity index (χ4n) is 3.17. The summed E-state index contributed by atoms with van der Waals surface area (Å²) in [7, 11) is 0. The highest BCUT2D eigenvalue weighted by molar-refractivity contribution is 6.00. The third-order valence-corrected chi connectivity index (χ3v) is 4.15. The highest BCUT2D eigenvalue weighted by atomic mass is 15.2. The van der Waals surface area contributed by atoms with Gasteiger partial charge in [-0.15, -0.1) is 0 Å². The van der Waals surface area contributed by atoms with Crippen LogP contribution in [0.2, 0.25) is 0 Å². The molecule has 1 aliphatic heterocycles. The summed E-state index contributed by atoms with van der Waals surface area (Å²) in [6.45, 7) is 4.59. The van der Waals surface area contributed by atoms with Crippen molar-refractivity contribution in [3.63, 3.8) is 0 Å². The van der Waals surface area contributed by atoms with Crippen LogP contribution >= 0.6 is 0 Å². The van der Waals surface area contributed by atoms with Crippen molar-refractivity contribution in [2.75, 3.05) is 23.7 Å². The van der Waals surface area contributed by atoms with Gasteiger partial charge in [0.25, 0.3) is 0 Å². The van der Waals surface area contributed by atoms with Gasteiger partial charge in [-0.25, -0.2) is 0 Å². The molecule has 0 aliphatic carbocycles. The topological polar surface area (TPSA) is 42.1 Å².